The molecule has 29 heavy (non-hydrogen) atoms. The van der Waals surface area contributed by atoms with E-state index in [1.807, 2.05) is 9.80 Å². The van der Waals surface area contributed by atoms with Crippen molar-refractivity contribution in [2.75, 3.05) is 26.2 Å². The normalized spacial score (nSPS) is 22.6. The van der Waals surface area contributed by atoms with Crippen LogP contribution in [-0.2, 0) is 14.4 Å². The van der Waals surface area contributed by atoms with Gasteiger partial charge in [-0.1, -0.05) is 40.5 Å². The summed E-state index contributed by atoms with van der Waals surface area (Å²) in [5, 5.41) is 3.33. The third-order valence-electron chi connectivity index (χ3n) is 6.05. The minimum atomic E-state index is -0.415. The van der Waals surface area contributed by atoms with E-state index in [1.165, 1.54) is 0 Å². The molecule has 3 amide bonds. The van der Waals surface area contributed by atoms with Crippen LogP contribution in [0.4, 0.5) is 0 Å². The number of amides is 3. The summed E-state index contributed by atoms with van der Waals surface area (Å²) in [6, 6.07) is -0.596. The first-order valence-corrected chi connectivity index (χ1v) is 11.2. The molecule has 166 valence electrons. The Kier molecular flexibility index (Phi) is 8.49. The fraction of sp³-hybridized carbons (Fsp3) is 0.864. The van der Waals surface area contributed by atoms with Crippen LogP contribution in [0.1, 0.15) is 72.6 Å². The van der Waals surface area contributed by atoms with Crippen molar-refractivity contribution in [2.24, 2.45) is 17.1 Å². The van der Waals surface area contributed by atoms with Crippen LogP contribution in [0.5, 0.6) is 0 Å². The Labute approximate surface area is 175 Å². The fourth-order valence-corrected chi connectivity index (χ4v) is 4.46. The number of piperazine rings is 1. The summed E-state index contributed by atoms with van der Waals surface area (Å²) in [6.45, 7) is 11.1. The number of carbonyl (C=O) groups is 3. The number of hydrogen-bond acceptors (Lipinski definition) is 4. The molecule has 2 saturated heterocycles. The highest BCUT2D eigenvalue weighted by Crippen LogP contribution is 2.28. The molecule has 2 aliphatic rings. The molecule has 0 bridgehead atoms. The Hall–Kier alpha value is -1.63. The number of nitrogens with zero attached hydrogens (tertiary/aromatic N) is 2. The highest BCUT2D eigenvalue weighted by molar-refractivity contribution is 5.90. The zero-order valence-corrected chi connectivity index (χ0v) is 18.7. The Morgan fingerprint density at radius 1 is 1.21 bits per heavy atom. The molecule has 2 aliphatic heterocycles. The largest absolute Gasteiger partial charge is 0.370 e. The van der Waals surface area contributed by atoms with Gasteiger partial charge in [0.25, 0.3) is 0 Å². The molecule has 2 rings (SSSR count). The summed E-state index contributed by atoms with van der Waals surface area (Å²) in [5.41, 5.74) is 5.27. The molecule has 2 atom stereocenters. The van der Waals surface area contributed by atoms with E-state index in [2.05, 4.69) is 33.0 Å². The van der Waals surface area contributed by atoms with Crippen molar-refractivity contribution in [2.45, 2.75) is 84.7 Å². The van der Waals surface area contributed by atoms with E-state index in [9.17, 15) is 14.4 Å². The number of primary amides is 1. The van der Waals surface area contributed by atoms with Gasteiger partial charge in [-0.2, -0.15) is 0 Å². The minimum Gasteiger partial charge on any atom is -0.370 e. The van der Waals surface area contributed by atoms with Crippen molar-refractivity contribution >= 4 is 17.7 Å². The number of unbranched alkanes of at least 4 members (excludes halogenated alkanes) is 1. The molecule has 0 aromatic rings. The number of likely N-dealkylation sites (tertiary alicyclic amines) is 1. The SMILES string of the molecule is CCCC[C@@H]1NCCN([C@@H](CC(C)(C)C)C(=O)N2CCC(CC(N)=O)CC2)C1=O. The molecular weight excluding hydrogens is 368 g/mol. The second-order valence-corrected chi connectivity index (χ2v) is 9.90. The fourth-order valence-electron chi connectivity index (χ4n) is 4.46. The molecular formula is C22H40N4O3. The quantitative estimate of drug-likeness (QED) is 0.641. The summed E-state index contributed by atoms with van der Waals surface area (Å²) in [4.78, 5) is 41.6. The number of nitrogens with two attached hydrogens (primary N) is 1. The smallest absolute Gasteiger partial charge is 0.245 e. The third kappa shape index (κ3) is 6.98. The Morgan fingerprint density at radius 3 is 2.41 bits per heavy atom. The summed E-state index contributed by atoms with van der Waals surface area (Å²) in [5.74, 6) is 0.111. The van der Waals surface area contributed by atoms with Gasteiger partial charge in [0.1, 0.15) is 6.04 Å². The molecule has 7 heteroatoms. The molecule has 0 saturated carbocycles. The summed E-state index contributed by atoms with van der Waals surface area (Å²) in [6.07, 6.45) is 5.51. The average molecular weight is 409 g/mol. The van der Waals surface area contributed by atoms with Gasteiger partial charge in [0.05, 0.1) is 6.04 Å². The monoisotopic (exact) mass is 408 g/mol. The molecule has 2 heterocycles. The van der Waals surface area contributed by atoms with Crippen LogP contribution in [-0.4, -0.2) is 65.8 Å². The Morgan fingerprint density at radius 2 is 1.86 bits per heavy atom. The number of rotatable bonds is 8. The zero-order chi connectivity index (χ0) is 21.6. The minimum absolute atomic E-state index is 0.0574. The van der Waals surface area contributed by atoms with E-state index >= 15 is 0 Å². The van der Waals surface area contributed by atoms with Crippen LogP contribution in [0, 0.1) is 11.3 Å². The standard InChI is InChI=1S/C22H40N4O3/c1-5-6-7-17-20(28)26(13-10-24-17)18(15-22(2,3)4)21(29)25-11-8-16(9-12-25)14-19(23)27/h16-18,24H,5-15H2,1-4H3,(H2,23,27)/t17-,18-/m0/s1. The summed E-state index contributed by atoms with van der Waals surface area (Å²) in [7, 11) is 0. The first kappa shape index (κ1) is 23.6. The molecule has 0 unspecified atom stereocenters. The van der Waals surface area contributed by atoms with Crippen molar-refractivity contribution in [1.29, 1.82) is 0 Å². The highest BCUT2D eigenvalue weighted by atomic mass is 16.2. The zero-order valence-electron chi connectivity index (χ0n) is 18.7. The molecule has 0 aromatic carbocycles. The van der Waals surface area contributed by atoms with Crippen LogP contribution in [0.15, 0.2) is 0 Å². The predicted octanol–water partition coefficient (Wildman–Crippen LogP) is 1.90. The van der Waals surface area contributed by atoms with Gasteiger partial charge in [-0.3, -0.25) is 14.4 Å². The molecule has 2 fully saturated rings. The van der Waals surface area contributed by atoms with E-state index in [-0.39, 0.29) is 35.1 Å². The van der Waals surface area contributed by atoms with Crippen LogP contribution >= 0.6 is 0 Å². The first-order chi connectivity index (χ1) is 13.6. The van der Waals surface area contributed by atoms with Gasteiger partial charge >= 0.3 is 0 Å². The highest BCUT2D eigenvalue weighted by Gasteiger charge is 2.40. The lowest BCUT2D eigenvalue weighted by atomic mass is 9.85. The third-order valence-corrected chi connectivity index (χ3v) is 6.05. The molecule has 0 radical (unpaired) electrons. The van der Waals surface area contributed by atoms with Crippen molar-refractivity contribution in [3.63, 3.8) is 0 Å². The van der Waals surface area contributed by atoms with Gasteiger partial charge in [-0.15, -0.1) is 0 Å². The Bertz CT molecular complexity index is 579. The molecule has 0 aromatic heterocycles. The topological polar surface area (TPSA) is 95.7 Å². The number of piperidine rings is 1. The van der Waals surface area contributed by atoms with Crippen molar-refractivity contribution in [3.05, 3.63) is 0 Å². The van der Waals surface area contributed by atoms with Crippen molar-refractivity contribution in [1.82, 2.24) is 15.1 Å². The van der Waals surface area contributed by atoms with Crippen LogP contribution in [0.2, 0.25) is 0 Å². The van der Waals surface area contributed by atoms with Gasteiger partial charge in [0.15, 0.2) is 0 Å². The van der Waals surface area contributed by atoms with Crippen molar-refractivity contribution < 1.29 is 14.4 Å². The lowest BCUT2D eigenvalue weighted by Gasteiger charge is -2.43. The van der Waals surface area contributed by atoms with E-state index < -0.39 is 6.04 Å². The second kappa shape index (κ2) is 10.4. The molecule has 0 spiro atoms. The van der Waals surface area contributed by atoms with E-state index in [4.69, 9.17) is 5.73 Å². The van der Waals surface area contributed by atoms with Gasteiger partial charge < -0.3 is 20.9 Å². The average Bonchev–Trinajstić information content (AvgIpc) is 2.64. The van der Waals surface area contributed by atoms with Crippen LogP contribution in [0.3, 0.4) is 0 Å². The van der Waals surface area contributed by atoms with Crippen LogP contribution < -0.4 is 11.1 Å². The summed E-state index contributed by atoms with van der Waals surface area (Å²) >= 11 is 0. The molecule has 7 nitrogen and oxygen atoms in total. The number of carbonyl (C=O) groups excluding carboxylic acids is 3. The summed E-state index contributed by atoms with van der Waals surface area (Å²) < 4.78 is 0. The van der Waals surface area contributed by atoms with Crippen molar-refractivity contribution in [3.8, 4) is 0 Å². The lowest BCUT2D eigenvalue weighted by molar-refractivity contribution is -0.151. The van der Waals surface area contributed by atoms with E-state index in [0.717, 1.165) is 38.6 Å². The number of hydrogen-bond donors (Lipinski definition) is 2. The lowest BCUT2D eigenvalue weighted by Crippen LogP contribution is -2.62. The van der Waals surface area contributed by atoms with Gasteiger partial charge in [0, 0.05) is 32.6 Å². The van der Waals surface area contributed by atoms with E-state index in [1.54, 1.807) is 0 Å². The first-order valence-electron chi connectivity index (χ1n) is 11.2. The maximum absolute atomic E-state index is 13.5. The maximum atomic E-state index is 13.5. The van der Waals surface area contributed by atoms with Gasteiger partial charge in [0.2, 0.25) is 17.7 Å². The second-order valence-electron chi connectivity index (χ2n) is 9.90. The van der Waals surface area contributed by atoms with Gasteiger partial charge in [-0.05, 0) is 37.0 Å². The van der Waals surface area contributed by atoms with Crippen LogP contribution in [0.25, 0.3) is 0 Å². The molecule has 0 aliphatic carbocycles. The van der Waals surface area contributed by atoms with E-state index in [0.29, 0.717) is 32.5 Å². The predicted molar refractivity (Wildman–Crippen MR) is 114 cm³/mol. The molecule has 3 N–H and O–H groups in total. The number of nitrogens with one attached hydrogen (secondary N) is 1. The maximum Gasteiger partial charge on any atom is 0.245 e. The van der Waals surface area contributed by atoms with Gasteiger partial charge in [-0.25, -0.2) is 0 Å². The Balaban J connectivity index is 2.10.